The summed E-state index contributed by atoms with van der Waals surface area (Å²) in [6, 6.07) is 3.67. The highest BCUT2D eigenvalue weighted by Crippen LogP contribution is 2.21. The molecule has 0 aliphatic carbocycles. The van der Waals surface area contributed by atoms with Gasteiger partial charge in [0.2, 0.25) is 11.8 Å². The lowest BCUT2D eigenvalue weighted by molar-refractivity contribution is -0.132. The van der Waals surface area contributed by atoms with Crippen LogP contribution in [0.25, 0.3) is 11.5 Å². The minimum atomic E-state index is -0.326. The van der Waals surface area contributed by atoms with Crippen LogP contribution in [0.5, 0.6) is 0 Å². The highest BCUT2D eigenvalue weighted by Gasteiger charge is 2.26. The number of piperazine rings is 1. The van der Waals surface area contributed by atoms with Crippen LogP contribution in [0.15, 0.2) is 28.9 Å². The number of aryl methyl sites for hydroxylation is 1. The predicted octanol–water partition coefficient (Wildman–Crippen LogP) is 1.89. The van der Waals surface area contributed by atoms with Crippen molar-refractivity contribution in [1.29, 1.82) is 0 Å². The molecule has 0 spiro atoms. The van der Waals surface area contributed by atoms with Crippen molar-refractivity contribution in [2.75, 3.05) is 32.8 Å². The third-order valence-electron chi connectivity index (χ3n) is 4.28. The molecule has 26 heavy (non-hydrogen) atoms. The number of ether oxygens (including phenoxy) is 1. The number of rotatable bonds is 4. The molecular formula is C18H22N4O4. The molecule has 0 bridgehead atoms. The summed E-state index contributed by atoms with van der Waals surface area (Å²) in [5.74, 6) is 1.07. The van der Waals surface area contributed by atoms with Gasteiger partial charge in [-0.2, -0.15) is 0 Å². The van der Waals surface area contributed by atoms with Crippen LogP contribution in [0.4, 0.5) is 4.79 Å². The topological polar surface area (TPSA) is 88.8 Å². The number of carbonyl (C=O) groups excluding carboxylic acids is 2. The number of oxazole rings is 1. The predicted molar refractivity (Wildman–Crippen MR) is 93.4 cm³/mol. The molecule has 0 N–H and O–H groups in total. The van der Waals surface area contributed by atoms with Crippen LogP contribution >= 0.6 is 0 Å². The zero-order valence-corrected chi connectivity index (χ0v) is 15.0. The van der Waals surface area contributed by atoms with Crippen molar-refractivity contribution in [3.05, 3.63) is 36.0 Å². The fraction of sp³-hybridized carbons (Fsp3) is 0.444. The van der Waals surface area contributed by atoms with E-state index >= 15 is 0 Å². The van der Waals surface area contributed by atoms with E-state index in [2.05, 4.69) is 9.97 Å². The summed E-state index contributed by atoms with van der Waals surface area (Å²) < 4.78 is 10.7. The van der Waals surface area contributed by atoms with Gasteiger partial charge in [-0.3, -0.25) is 9.78 Å². The van der Waals surface area contributed by atoms with E-state index in [1.807, 2.05) is 12.1 Å². The number of carbonyl (C=O) groups is 2. The Balaban J connectivity index is 1.59. The first-order chi connectivity index (χ1) is 12.6. The summed E-state index contributed by atoms with van der Waals surface area (Å²) in [4.78, 5) is 36.1. The number of amides is 2. The summed E-state index contributed by atoms with van der Waals surface area (Å²) >= 11 is 0. The van der Waals surface area contributed by atoms with E-state index < -0.39 is 0 Å². The van der Waals surface area contributed by atoms with Crippen molar-refractivity contribution in [3.8, 4) is 11.5 Å². The number of nitrogens with zero attached hydrogens (tertiary/aromatic N) is 4. The molecule has 0 radical (unpaired) electrons. The van der Waals surface area contributed by atoms with Gasteiger partial charge in [0.25, 0.3) is 0 Å². The van der Waals surface area contributed by atoms with E-state index in [-0.39, 0.29) is 18.4 Å². The van der Waals surface area contributed by atoms with Crippen molar-refractivity contribution in [2.45, 2.75) is 20.3 Å². The Morgan fingerprint density at radius 1 is 1.23 bits per heavy atom. The highest BCUT2D eigenvalue weighted by atomic mass is 16.6. The van der Waals surface area contributed by atoms with Gasteiger partial charge >= 0.3 is 6.09 Å². The van der Waals surface area contributed by atoms with Crippen LogP contribution < -0.4 is 0 Å². The Bertz CT molecular complexity index is 767. The molecule has 0 saturated carbocycles. The number of pyridine rings is 1. The van der Waals surface area contributed by atoms with E-state index in [1.54, 1.807) is 36.0 Å². The number of aromatic nitrogens is 2. The van der Waals surface area contributed by atoms with Gasteiger partial charge < -0.3 is 19.0 Å². The molecule has 8 heteroatoms. The van der Waals surface area contributed by atoms with Crippen LogP contribution in [-0.2, 0) is 16.0 Å². The van der Waals surface area contributed by atoms with Crippen LogP contribution in [0.3, 0.4) is 0 Å². The second kappa shape index (κ2) is 7.99. The maximum absolute atomic E-state index is 12.6. The maximum Gasteiger partial charge on any atom is 0.409 e. The van der Waals surface area contributed by atoms with E-state index in [0.717, 1.165) is 5.56 Å². The minimum Gasteiger partial charge on any atom is -0.450 e. The number of hydrogen-bond donors (Lipinski definition) is 0. The molecule has 0 atom stereocenters. The Labute approximate surface area is 151 Å². The third-order valence-corrected chi connectivity index (χ3v) is 4.28. The molecular weight excluding hydrogens is 336 g/mol. The van der Waals surface area contributed by atoms with Crippen molar-refractivity contribution < 1.29 is 18.7 Å². The lowest BCUT2D eigenvalue weighted by Gasteiger charge is -2.34. The van der Waals surface area contributed by atoms with Crippen LogP contribution in [-0.4, -0.2) is 64.6 Å². The standard InChI is InChI=1S/C18H22N4O4/c1-3-25-18(24)22-9-7-21(8-10-22)16(23)11-15-13(2)26-17(20-15)14-5-4-6-19-12-14/h4-6,12H,3,7-11H2,1-2H3. The summed E-state index contributed by atoms with van der Waals surface area (Å²) in [6.45, 7) is 5.86. The quantitative estimate of drug-likeness (QED) is 0.829. The lowest BCUT2D eigenvalue weighted by atomic mass is 10.2. The average Bonchev–Trinajstić information content (AvgIpc) is 3.03. The molecule has 0 aromatic carbocycles. The minimum absolute atomic E-state index is 0.0253. The monoisotopic (exact) mass is 358 g/mol. The van der Waals surface area contributed by atoms with Gasteiger partial charge in [0.1, 0.15) is 5.76 Å². The molecule has 1 saturated heterocycles. The van der Waals surface area contributed by atoms with Gasteiger partial charge in [0.15, 0.2) is 0 Å². The van der Waals surface area contributed by atoms with E-state index in [0.29, 0.717) is 50.1 Å². The number of hydrogen-bond acceptors (Lipinski definition) is 6. The summed E-state index contributed by atoms with van der Waals surface area (Å²) in [7, 11) is 0. The van der Waals surface area contributed by atoms with Crippen molar-refractivity contribution in [3.63, 3.8) is 0 Å². The van der Waals surface area contributed by atoms with Crippen molar-refractivity contribution >= 4 is 12.0 Å². The summed E-state index contributed by atoms with van der Waals surface area (Å²) in [6.07, 6.45) is 3.20. The normalized spacial score (nSPS) is 14.4. The molecule has 3 heterocycles. The fourth-order valence-corrected chi connectivity index (χ4v) is 2.81. The highest BCUT2D eigenvalue weighted by molar-refractivity contribution is 5.79. The van der Waals surface area contributed by atoms with Gasteiger partial charge in [-0.1, -0.05) is 0 Å². The molecule has 2 amide bonds. The second-order valence-corrected chi connectivity index (χ2v) is 6.01. The van der Waals surface area contributed by atoms with E-state index in [1.165, 1.54) is 0 Å². The van der Waals surface area contributed by atoms with Crippen molar-refractivity contribution in [2.24, 2.45) is 0 Å². The average molecular weight is 358 g/mol. The zero-order valence-electron chi connectivity index (χ0n) is 15.0. The van der Waals surface area contributed by atoms with Crippen molar-refractivity contribution in [1.82, 2.24) is 19.8 Å². The maximum atomic E-state index is 12.6. The molecule has 1 aliphatic rings. The van der Waals surface area contributed by atoms with Gasteiger partial charge in [0.05, 0.1) is 24.3 Å². The van der Waals surface area contributed by atoms with Crippen LogP contribution in [0.2, 0.25) is 0 Å². The Kier molecular flexibility index (Phi) is 5.50. The Hall–Kier alpha value is -2.90. The summed E-state index contributed by atoms with van der Waals surface area (Å²) in [5.41, 5.74) is 1.40. The Morgan fingerprint density at radius 3 is 2.62 bits per heavy atom. The first-order valence-corrected chi connectivity index (χ1v) is 8.64. The van der Waals surface area contributed by atoms with E-state index in [4.69, 9.17) is 9.15 Å². The Morgan fingerprint density at radius 2 is 1.96 bits per heavy atom. The van der Waals surface area contributed by atoms with E-state index in [9.17, 15) is 9.59 Å². The first-order valence-electron chi connectivity index (χ1n) is 8.64. The molecule has 3 rings (SSSR count). The molecule has 2 aromatic rings. The first kappa shape index (κ1) is 17.9. The second-order valence-electron chi connectivity index (χ2n) is 6.01. The van der Waals surface area contributed by atoms with Gasteiger partial charge in [-0.25, -0.2) is 9.78 Å². The summed E-state index contributed by atoms with van der Waals surface area (Å²) in [5, 5.41) is 0. The van der Waals surface area contributed by atoms with Gasteiger partial charge in [-0.05, 0) is 26.0 Å². The third kappa shape index (κ3) is 4.01. The lowest BCUT2D eigenvalue weighted by Crippen LogP contribution is -2.51. The largest absolute Gasteiger partial charge is 0.450 e. The molecule has 1 fully saturated rings. The molecule has 0 unspecified atom stereocenters. The molecule has 138 valence electrons. The molecule has 2 aromatic heterocycles. The van der Waals surface area contributed by atoms with Gasteiger partial charge in [0, 0.05) is 38.6 Å². The van der Waals surface area contributed by atoms with Crippen LogP contribution in [0.1, 0.15) is 18.4 Å². The zero-order chi connectivity index (χ0) is 18.5. The molecule has 1 aliphatic heterocycles. The smallest absolute Gasteiger partial charge is 0.409 e. The van der Waals surface area contributed by atoms with Gasteiger partial charge in [-0.15, -0.1) is 0 Å². The molecule has 8 nitrogen and oxygen atoms in total. The SMILES string of the molecule is CCOC(=O)N1CCN(C(=O)Cc2nc(-c3cccnc3)oc2C)CC1. The van der Waals surface area contributed by atoms with Crippen LogP contribution in [0, 0.1) is 6.92 Å². The fourth-order valence-electron chi connectivity index (χ4n) is 2.81.